The molecule has 0 atom stereocenters. The van der Waals surface area contributed by atoms with Gasteiger partial charge in [0.25, 0.3) is 0 Å². The molecule has 0 aromatic carbocycles. The summed E-state index contributed by atoms with van der Waals surface area (Å²) < 4.78 is 0. The zero-order valence-electron chi connectivity index (χ0n) is 12.0. The maximum atomic E-state index is 4.94. The molecule has 0 amide bonds. The smallest absolute Gasteiger partial charge is 0.134 e. The van der Waals surface area contributed by atoms with E-state index in [-0.39, 0.29) is 0 Å². The van der Waals surface area contributed by atoms with E-state index in [9.17, 15) is 0 Å². The van der Waals surface area contributed by atoms with E-state index in [1.165, 1.54) is 63.5 Å². The topological polar surface area (TPSA) is 37.8 Å². The first-order valence-electron chi connectivity index (χ1n) is 7.93. The van der Waals surface area contributed by atoms with Gasteiger partial charge in [-0.15, -0.1) is 0 Å². The van der Waals surface area contributed by atoms with Crippen molar-refractivity contribution < 1.29 is 0 Å². The van der Waals surface area contributed by atoms with Crippen molar-refractivity contribution in [3.63, 3.8) is 0 Å². The van der Waals surface area contributed by atoms with Crippen LogP contribution in [0.2, 0.25) is 0 Å². The molecule has 2 aliphatic rings. The van der Waals surface area contributed by atoms with Crippen LogP contribution in [0.25, 0.3) is 0 Å². The van der Waals surface area contributed by atoms with Crippen LogP contribution in [0.1, 0.15) is 81.1 Å². The minimum Gasteiger partial charge on any atom is -0.373 e. The maximum Gasteiger partial charge on any atom is 0.134 e. The number of aromatic nitrogens is 2. The van der Waals surface area contributed by atoms with Gasteiger partial charge >= 0.3 is 0 Å². The van der Waals surface area contributed by atoms with Crippen molar-refractivity contribution >= 4 is 5.82 Å². The highest BCUT2D eigenvalue weighted by atomic mass is 15.0. The van der Waals surface area contributed by atoms with Gasteiger partial charge in [0, 0.05) is 30.6 Å². The highest BCUT2D eigenvalue weighted by molar-refractivity contribution is 5.37. The Kier molecular flexibility index (Phi) is 4.00. The second-order valence-corrected chi connectivity index (χ2v) is 6.10. The molecule has 3 heteroatoms. The third-order valence-corrected chi connectivity index (χ3v) is 4.76. The lowest BCUT2D eigenvalue weighted by molar-refractivity contribution is 0.427. The van der Waals surface area contributed by atoms with Crippen LogP contribution in [-0.2, 0) is 0 Å². The molecule has 2 fully saturated rings. The molecule has 0 radical (unpaired) electrons. The first kappa shape index (κ1) is 12.9. The average molecular weight is 259 g/mol. The highest BCUT2D eigenvalue weighted by Gasteiger charge is 2.23. The lowest BCUT2D eigenvalue weighted by atomic mass is 9.88. The minimum absolute atomic E-state index is 0.599. The van der Waals surface area contributed by atoms with Gasteiger partial charge in [0.15, 0.2) is 0 Å². The Bertz CT molecular complexity index is 418. The van der Waals surface area contributed by atoms with Crippen LogP contribution in [0.15, 0.2) is 6.07 Å². The predicted molar refractivity (Wildman–Crippen MR) is 78.6 cm³/mol. The second-order valence-electron chi connectivity index (χ2n) is 6.10. The molecule has 3 rings (SSSR count). The van der Waals surface area contributed by atoms with Crippen LogP contribution in [0.4, 0.5) is 5.82 Å². The van der Waals surface area contributed by atoms with E-state index in [0.29, 0.717) is 11.8 Å². The molecule has 0 aliphatic heterocycles. The predicted octanol–water partition coefficient (Wildman–Crippen LogP) is 4.22. The summed E-state index contributed by atoms with van der Waals surface area (Å²) in [5.41, 5.74) is 1.29. The molecular weight excluding hydrogens is 234 g/mol. The quantitative estimate of drug-likeness (QED) is 0.883. The third kappa shape index (κ3) is 2.90. The second kappa shape index (κ2) is 5.89. The van der Waals surface area contributed by atoms with E-state index >= 15 is 0 Å². The molecule has 0 unspecified atom stereocenters. The van der Waals surface area contributed by atoms with Gasteiger partial charge in [-0.05, 0) is 25.7 Å². The van der Waals surface area contributed by atoms with Crippen LogP contribution >= 0.6 is 0 Å². The van der Waals surface area contributed by atoms with Crippen LogP contribution in [0, 0.1) is 0 Å². The van der Waals surface area contributed by atoms with Gasteiger partial charge in [0.05, 0.1) is 0 Å². The molecule has 1 heterocycles. The summed E-state index contributed by atoms with van der Waals surface area (Å²) >= 11 is 0. The highest BCUT2D eigenvalue weighted by Crippen LogP contribution is 2.36. The molecule has 1 aromatic heterocycles. The Balaban J connectivity index is 1.87. The molecule has 1 N–H and O–H groups in total. The normalized spacial score (nSPS) is 21.7. The molecule has 0 bridgehead atoms. The van der Waals surface area contributed by atoms with Gasteiger partial charge in [-0.1, -0.05) is 32.1 Å². The molecule has 2 aliphatic carbocycles. The zero-order valence-corrected chi connectivity index (χ0v) is 12.0. The molecular formula is C16H25N3. The monoisotopic (exact) mass is 259 g/mol. The maximum absolute atomic E-state index is 4.94. The Labute approximate surface area is 116 Å². The molecule has 0 spiro atoms. The fourth-order valence-corrected chi connectivity index (χ4v) is 3.59. The zero-order chi connectivity index (χ0) is 13.1. The van der Waals surface area contributed by atoms with Gasteiger partial charge in [-0.25, -0.2) is 9.97 Å². The number of hydrogen-bond donors (Lipinski definition) is 1. The van der Waals surface area contributed by atoms with Gasteiger partial charge in [0.2, 0.25) is 0 Å². The standard InChI is InChI=1S/C16H25N3/c1-17-15-11-14(12-7-5-6-8-12)18-16(19-15)13-9-3-2-4-10-13/h11-13H,2-10H2,1H3,(H,17,18,19). The van der Waals surface area contributed by atoms with Crippen LogP contribution < -0.4 is 5.32 Å². The van der Waals surface area contributed by atoms with Crippen LogP contribution in [0.3, 0.4) is 0 Å². The van der Waals surface area contributed by atoms with E-state index in [2.05, 4.69) is 11.4 Å². The first-order valence-corrected chi connectivity index (χ1v) is 7.93. The van der Waals surface area contributed by atoms with Gasteiger partial charge in [-0.3, -0.25) is 0 Å². The number of rotatable bonds is 3. The SMILES string of the molecule is CNc1cc(C2CCCC2)nc(C2CCCCC2)n1. The van der Waals surface area contributed by atoms with Crippen molar-refractivity contribution in [3.05, 3.63) is 17.6 Å². The molecule has 1 aromatic rings. The van der Waals surface area contributed by atoms with E-state index in [1.54, 1.807) is 0 Å². The number of hydrogen-bond acceptors (Lipinski definition) is 3. The van der Waals surface area contributed by atoms with Crippen LogP contribution in [-0.4, -0.2) is 17.0 Å². The van der Waals surface area contributed by atoms with Gasteiger partial charge in [-0.2, -0.15) is 0 Å². The van der Waals surface area contributed by atoms with Crippen molar-refractivity contribution in [2.24, 2.45) is 0 Å². The lowest BCUT2D eigenvalue weighted by Gasteiger charge is -2.22. The Hall–Kier alpha value is -1.12. The summed E-state index contributed by atoms with van der Waals surface area (Å²) in [4.78, 5) is 9.66. The van der Waals surface area contributed by atoms with Crippen molar-refractivity contribution in [3.8, 4) is 0 Å². The fraction of sp³-hybridized carbons (Fsp3) is 0.750. The number of anilines is 1. The Morgan fingerprint density at radius 2 is 1.53 bits per heavy atom. The number of nitrogens with one attached hydrogen (secondary N) is 1. The lowest BCUT2D eigenvalue weighted by Crippen LogP contribution is -2.12. The van der Waals surface area contributed by atoms with Crippen molar-refractivity contribution in [2.75, 3.05) is 12.4 Å². The van der Waals surface area contributed by atoms with E-state index in [1.807, 2.05) is 7.05 Å². The van der Waals surface area contributed by atoms with Crippen molar-refractivity contribution in [1.29, 1.82) is 0 Å². The average Bonchev–Trinajstić information content (AvgIpc) is 3.02. The summed E-state index contributed by atoms with van der Waals surface area (Å²) in [6, 6.07) is 2.17. The minimum atomic E-state index is 0.599. The Morgan fingerprint density at radius 3 is 2.21 bits per heavy atom. The van der Waals surface area contributed by atoms with Crippen molar-refractivity contribution in [2.45, 2.75) is 69.6 Å². The van der Waals surface area contributed by atoms with E-state index < -0.39 is 0 Å². The summed E-state index contributed by atoms with van der Waals surface area (Å²) in [5, 5.41) is 3.22. The Morgan fingerprint density at radius 1 is 0.895 bits per heavy atom. The summed E-state index contributed by atoms with van der Waals surface area (Å²) in [6.07, 6.45) is 12.0. The van der Waals surface area contributed by atoms with Crippen LogP contribution in [0.5, 0.6) is 0 Å². The first-order chi connectivity index (χ1) is 9.36. The van der Waals surface area contributed by atoms with Crippen molar-refractivity contribution in [1.82, 2.24) is 9.97 Å². The van der Waals surface area contributed by atoms with E-state index in [0.717, 1.165) is 11.6 Å². The van der Waals surface area contributed by atoms with Gasteiger partial charge < -0.3 is 5.32 Å². The number of nitrogens with zero attached hydrogens (tertiary/aromatic N) is 2. The molecule has 3 nitrogen and oxygen atoms in total. The summed E-state index contributed by atoms with van der Waals surface area (Å²) in [5.74, 6) is 3.39. The van der Waals surface area contributed by atoms with Gasteiger partial charge in [0.1, 0.15) is 11.6 Å². The largest absolute Gasteiger partial charge is 0.373 e. The summed E-state index contributed by atoms with van der Waals surface area (Å²) in [7, 11) is 1.96. The third-order valence-electron chi connectivity index (χ3n) is 4.76. The van der Waals surface area contributed by atoms with E-state index in [4.69, 9.17) is 9.97 Å². The molecule has 19 heavy (non-hydrogen) atoms. The molecule has 104 valence electrons. The molecule has 0 saturated heterocycles. The fourth-order valence-electron chi connectivity index (χ4n) is 3.59. The molecule has 2 saturated carbocycles. The summed E-state index contributed by atoms with van der Waals surface area (Å²) in [6.45, 7) is 0.